The number of benzene rings is 1. The molecule has 0 aliphatic heterocycles. The van der Waals surface area contributed by atoms with Crippen molar-refractivity contribution in [2.45, 2.75) is 52.2 Å². The largest absolute Gasteiger partial charge is 0.452 e. The zero-order chi connectivity index (χ0) is 19.3. The fourth-order valence-corrected chi connectivity index (χ4v) is 2.37. The number of hydrogen-bond acceptors (Lipinski definition) is 5. The molecule has 0 radical (unpaired) electrons. The topological polar surface area (TPSA) is 93.7 Å². The van der Waals surface area contributed by atoms with Gasteiger partial charge in [-0.2, -0.15) is 0 Å². The highest BCUT2D eigenvalue weighted by Gasteiger charge is 2.29. The van der Waals surface area contributed by atoms with Gasteiger partial charge in [0.2, 0.25) is 0 Å². The van der Waals surface area contributed by atoms with Crippen molar-refractivity contribution in [1.29, 1.82) is 0 Å². The Kier molecular flexibility index (Phi) is 6.23. The van der Waals surface area contributed by atoms with Crippen molar-refractivity contribution in [1.82, 2.24) is 5.32 Å². The lowest BCUT2D eigenvalue weighted by Crippen LogP contribution is -2.37. The van der Waals surface area contributed by atoms with Crippen LogP contribution in [0.2, 0.25) is 0 Å². The van der Waals surface area contributed by atoms with Crippen molar-refractivity contribution >= 4 is 23.7 Å². The van der Waals surface area contributed by atoms with Crippen molar-refractivity contribution < 1.29 is 23.9 Å². The number of hydrogen-bond donors (Lipinski definition) is 2. The number of esters is 1. The summed E-state index contributed by atoms with van der Waals surface area (Å²) in [5.74, 6) is -0.418. The Balaban J connectivity index is 1.84. The van der Waals surface area contributed by atoms with Crippen LogP contribution in [0.3, 0.4) is 0 Å². The van der Waals surface area contributed by atoms with Gasteiger partial charge in [-0.25, -0.2) is 9.59 Å². The predicted octanol–water partition coefficient (Wildman–Crippen LogP) is 3.11. The summed E-state index contributed by atoms with van der Waals surface area (Å²) in [7, 11) is 0. The maximum atomic E-state index is 12.1. The molecule has 1 fully saturated rings. The molecule has 0 heterocycles. The van der Waals surface area contributed by atoms with Crippen LogP contribution in [0.15, 0.2) is 24.3 Å². The van der Waals surface area contributed by atoms with Crippen LogP contribution in [0.25, 0.3) is 0 Å². The van der Waals surface area contributed by atoms with Gasteiger partial charge in [-0.05, 0) is 64.7 Å². The van der Waals surface area contributed by atoms with E-state index in [-0.39, 0.29) is 24.1 Å². The highest BCUT2D eigenvalue weighted by Crippen LogP contribution is 2.32. The lowest BCUT2D eigenvalue weighted by Gasteiger charge is -2.19. The van der Waals surface area contributed by atoms with E-state index in [1.807, 2.05) is 6.92 Å². The van der Waals surface area contributed by atoms with E-state index >= 15 is 0 Å². The molecule has 142 valence electrons. The van der Waals surface area contributed by atoms with E-state index < -0.39 is 17.7 Å². The second kappa shape index (κ2) is 8.21. The van der Waals surface area contributed by atoms with Crippen LogP contribution >= 0.6 is 0 Å². The van der Waals surface area contributed by atoms with Crippen LogP contribution < -0.4 is 10.6 Å². The normalized spacial score (nSPS) is 14.9. The summed E-state index contributed by atoms with van der Waals surface area (Å²) in [6, 6.07) is 6.36. The second-order valence-electron chi connectivity index (χ2n) is 7.48. The highest BCUT2D eigenvalue weighted by atomic mass is 16.6. The van der Waals surface area contributed by atoms with Gasteiger partial charge in [-0.3, -0.25) is 10.1 Å². The van der Waals surface area contributed by atoms with E-state index in [1.165, 1.54) is 6.07 Å². The summed E-state index contributed by atoms with van der Waals surface area (Å²) in [6.45, 7) is 6.89. The van der Waals surface area contributed by atoms with Gasteiger partial charge in [0.1, 0.15) is 5.60 Å². The number of rotatable bonds is 6. The number of anilines is 1. The zero-order valence-corrected chi connectivity index (χ0v) is 15.6. The van der Waals surface area contributed by atoms with Crippen molar-refractivity contribution in [3.05, 3.63) is 29.8 Å². The van der Waals surface area contributed by atoms with E-state index in [0.717, 1.165) is 12.8 Å². The summed E-state index contributed by atoms with van der Waals surface area (Å²) in [5, 5.41) is 5.37. The molecule has 0 saturated heterocycles. The molecular formula is C19H26N2O5. The zero-order valence-electron chi connectivity index (χ0n) is 15.6. The lowest BCUT2D eigenvalue weighted by atomic mass is 10.2. The third-order valence-corrected chi connectivity index (χ3v) is 3.80. The smallest absolute Gasteiger partial charge is 0.412 e. The molecule has 2 N–H and O–H groups in total. The van der Waals surface area contributed by atoms with Crippen molar-refractivity contribution in [2.75, 3.05) is 11.9 Å². The van der Waals surface area contributed by atoms with Crippen LogP contribution in [-0.4, -0.2) is 36.2 Å². The molecule has 7 nitrogen and oxygen atoms in total. The van der Waals surface area contributed by atoms with Crippen LogP contribution in [0, 0.1) is 5.92 Å². The standard InChI is InChI=1S/C19H26N2O5/c1-12(13-8-9-13)20-16(22)11-25-17(23)14-6-5-7-15(10-14)21-18(24)26-19(2,3)4/h5-7,10,12-13H,8-9,11H2,1-4H3,(H,20,22)(H,21,24)/t12-/m0/s1. The Labute approximate surface area is 153 Å². The molecule has 1 saturated carbocycles. The molecule has 0 unspecified atom stereocenters. The third kappa shape index (κ3) is 6.74. The highest BCUT2D eigenvalue weighted by molar-refractivity contribution is 5.93. The molecule has 1 aromatic rings. The first-order chi connectivity index (χ1) is 12.1. The first kappa shape index (κ1) is 19.8. The molecule has 1 aliphatic rings. The maximum absolute atomic E-state index is 12.1. The molecule has 0 bridgehead atoms. The Morgan fingerprint density at radius 2 is 1.92 bits per heavy atom. The lowest BCUT2D eigenvalue weighted by molar-refractivity contribution is -0.124. The van der Waals surface area contributed by atoms with E-state index in [9.17, 15) is 14.4 Å². The summed E-state index contributed by atoms with van der Waals surface area (Å²) >= 11 is 0. The average molecular weight is 362 g/mol. The SMILES string of the molecule is C[C@H](NC(=O)COC(=O)c1cccc(NC(=O)OC(C)(C)C)c1)C1CC1. The van der Waals surface area contributed by atoms with Gasteiger partial charge < -0.3 is 14.8 Å². The number of ether oxygens (including phenoxy) is 2. The molecule has 1 aromatic carbocycles. The van der Waals surface area contributed by atoms with E-state index in [1.54, 1.807) is 39.0 Å². The summed E-state index contributed by atoms with van der Waals surface area (Å²) in [4.78, 5) is 35.7. The van der Waals surface area contributed by atoms with E-state index in [4.69, 9.17) is 9.47 Å². The first-order valence-corrected chi connectivity index (χ1v) is 8.70. The summed E-state index contributed by atoms with van der Waals surface area (Å²) in [6.07, 6.45) is 1.63. The van der Waals surface area contributed by atoms with Crippen LogP contribution in [0.4, 0.5) is 10.5 Å². The van der Waals surface area contributed by atoms with Crippen LogP contribution in [-0.2, 0) is 14.3 Å². The van der Waals surface area contributed by atoms with Crippen molar-refractivity contribution in [3.63, 3.8) is 0 Å². The maximum Gasteiger partial charge on any atom is 0.412 e. The quantitative estimate of drug-likeness (QED) is 0.759. The van der Waals surface area contributed by atoms with Gasteiger partial charge in [0.15, 0.2) is 6.61 Å². The monoisotopic (exact) mass is 362 g/mol. The van der Waals surface area contributed by atoms with Crippen molar-refractivity contribution in [3.8, 4) is 0 Å². The Morgan fingerprint density at radius 1 is 1.23 bits per heavy atom. The molecule has 1 aliphatic carbocycles. The van der Waals surface area contributed by atoms with Gasteiger partial charge in [-0.1, -0.05) is 6.07 Å². The van der Waals surface area contributed by atoms with Gasteiger partial charge in [0, 0.05) is 11.7 Å². The molecule has 2 rings (SSSR count). The Bertz CT molecular complexity index is 677. The Hall–Kier alpha value is -2.57. The van der Waals surface area contributed by atoms with Crippen LogP contribution in [0.1, 0.15) is 50.9 Å². The molecule has 1 atom stereocenters. The number of carbonyl (C=O) groups excluding carboxylic acids is 3. The predicted molar refractivity (Wildman–Crippen MR) is 96.9 cm³/mol. The van der Waals surface area contributed by atoms with Crippen molar-refractivity contribution in [2.24, 2.45) is 5.92 Å². The number of carbonyl (C=O) groups is 3. The average Bonchev–Trinajstić information content (AvgIpc) is 3.35. The minimum absolute atomic E-state index is 0.0996. The first-order valence-electron chi connectivity index (χ1n) is 8.70. The molecule has 7 heteroatoms. The summed E-state index contributed by atoms with van der Waals surface area (Å²) < 4.78 is 10.2. The minimum atomic E-state index is -0.632. The third-order valence-electron chi connectivity index (χ3n) is 3.80. The number of amides is 2. The molecule has 2 amide bonds. The fraction of sp³-hybridized carbons (Fsp3) is 0.526. The Morgan fingerprint density at radius 3 is 2.54 bits per heavy atom. The van der Waals surface area contributed by atoms with E-state index in [0.29, 0.717) is 11.6 Å². The van der Waals surface area contributed by atoms with Gasteiger partial charge >= 0.3 is 12.1 Å². The molecule has 0 spiro atoms. The molecule has 26 heavy (non-hydrogen) atoms. The molecule has 0 aromatic heterocycles. The number of nitrogens with one attached hydrogen (secondary N) is 2. The molecular weight excluding hydrogens is 336 g/mol. The van der Waals surface area contributed by atoms with Crippen LogP contribution in [0.5, 0.6) is 0 Å². The summed E-state index contributed by atoms with van der Waals surface area (Å²) in [5.41, 5.74) is 0.0214. The van der Waals surface area contributed by atoms with E-state index in [2.05, 4.69) is 10.6 Å². The fourth-order valence-electron chi connectivity index (χ4n) is 2.37. The van der Waals surface area contributed by atoms with Gasteiger partial charge in [0.05, 0.1) is 5.56 Å². The van der Waals surface area contributed by atoms with Gasteiger partial charge in [0.25, 0.3) is 5.91 Å². The minimum Gasteiger partial charge on any atom is -0.452 e. The van der Waals surface area contributed by atoms with Gasteiger partial charge in [-0.15, -0.1) is 0 Å². The second-order valence-corrected chi connectivity index (χ2v) is 7.48.